The van der Waals surface area contributed by atoms with Crippen LogP contribution in [0.15, 0.2) is 18.2 Å². The number of alkyl carbamates (subject to hydrolysis) is 1. The van der Waals surface area contributed by atoms with E-state index in [0.717, 1.165) is 37.3 Å². The number of hydrogen-bond acceptors (Lipinski definition) is 7. The van der Waals surface area contributed by atoms with E-state index in [0.29, 0.717) is 53.3 Å². The predicted octanol–water partition coefficient (Wildman–Crippen LogP) is 6.27. The summed E-state index contributed by atoms with van der Waals surface area (Å²) in [5, 5.41) is 5.46. The largest absolute Gasteiger partial charge is 0.449 e. The standard InChI is InChI=1S/C34H48FN5O6/c1-8-39(9-2)17-18-40(33(44)45-19-13-11-10-12-16-36-32(43)46-34(5,6)7)31(42)29-22(3)28(37-23(29)4)21-26-25-20-24(35)14-15-27(25)38-30(26)41/h14-15,20-21,37H,8-13,16-19H2,1-7H3,(H,36,43)(H,38,41)/b26-21-. The Bertz CT molecular complexity index is 1440. The van der Waals surface area contributed by atoms with E-state index >= 15 is 0 Å². The molecule has 1 aromatic heterocycles. The number of aryl methyl sites for hydroxylation is 1. The maximum absolute atomic E-state index is 14.0. The second-order valence-electron chi connectivity index (χ2n) is 12.3. The summed E-state index contributed by atoms with van der Waals surface area (Å²) in [5.41, 5.74) is 2.61. The molecule has 12 heteroatoms. The first kappa shape index (κ1) is 36.3. The van der Waals surface area contributed by atoms with Crippen molar-refractivity contribution in [1.29, 1.82) is 0 Å². The lowest BCUT2D eigenvalue weighted by atomic mass is 10.0. The fraction of sp³-hybridized carbons (Fsp3) is 0.529. The minimum absolute atomic E-state index is 0.144. The Hall–Kier alpha value is -4.19. The highest BCUT2D eigenvalue weighted by Gasteiger charge is 2.30. The van der Waals surface area contributed by atoms with Gasteiger partial charge in [-0.05, 0) is 96.8 Å². The summed E-state index contributed by atoms with van der Waals surface area (Å²) in [7, 11) is 0. The maximum atomic E-state index is 14.0. The number of carbonyl (C=O) groups is 4. The summed E-state index contributed by atoms with van der Waals surface area (Å²) < 4.78 is 24.7. The van der Waals surface area contributed by atoms with Crippen LogP contribution in [0.5, 0.6) is 0 Å². The number of ether oxygens (including phenoxy) is 2. The van der Waals surface area contributed by atoms with Crippen molar-refractivity contribution in [3.8, 4) is 0 Å². The van der Waals surface area contributed by atoms with Gasteiger partial charge >= 0.3 is 12.2 Å². The third kappa shape index (κ3) is 9.90. The van der Waals surface area contributed by atoms with Crippen LogP contribution in [-0.2, 0) is 14.3 Å². The molecule has 0 saturated carbocycles. The normalized spacial score (nSPS) is 13.5. The molecule has 252 valence electrons. The van der Waals surface area contributed by atoms with Crippen LogP contribution in [0.3, 0.4) is 0 Å². The number of benzene rings is 1. The van der Waals surface area contributed by atoms with Crippen molar-refractivity contribution in [2.75, 3.05) is 44.6 Å². The lowest BCUT2D eigenvalue weighted by Gasteiger charge is -2.25. The average Bonchev–Trinajstić information content (AvgIpc) is 3.44. The summed E-state index contributed by atoms with van der Waals surface area (Å²) in [6.45, 7) is 15.7. The Balaban J connectivity index is 1.66. The summed E-state index contributed by atoms with van der Waals surface area (Å²) >= 11 is 0. The number of unbranched alkanes of at least 4 members (excludes halogenated alkanes) is 3. The van der Waals surface area contributed by atoms with Gasteiger partial charge in [-0.1, -0.05) is 20.3 Å². The molecule has 2 aromatic rings. The number of nitrogens with one attached hydrogen (secondary N) is 3. The van der Waals surface area contributed by atoms with Crippen LogP contribution in [0.25, 0.3) is 11.6 Å². The third-order valence-electron chi connectivity index (χ3n) is 7.71. The van der Waals surface area contributed by atoms with E-state index in [1.165, 1.54) is 18.2 Å². The highest BCUT2D eigenvalue weighted by atomic mass is 19.1. The molecule has 4 amide bonds. The molecule has 0 aliphatic carbocycles. The molecule has 2 heterocycles. The number of halogens is 1. The smallest absolute Gasteiger partial charge is 0.416 e. The fourth-order valence-corrected chi connectivity index (χ4v) is 5.20. The molecule has 0 radical (unpaired) electrons. The Morgan fingerprint density at radius 1 is 1.02 bits per heavy atom. The third-order valence-corrected chi connectivity index (χ3v) is 7.71. The zero-order chi connectivity index (χ0) is 34.0. The minimum Gasteiger partial charge on any atom is -0.449 e. The molecule has 11 nitrogen and oxygen atoms in total. The molecular formula is C34H48FN5O6. The molecule has 3 rings (SSSR count). The number of nitrogens with zero attached hydrogens (tertiary/aromatic N) is 2. The van der Waals surface area contributed by atoms with Gasteiger partial charge in [-0.2, -0.15) is 0 Å². The Morgan fingerprint density at radius 3 is 2.39 bits per heavy atom. The molecule has 0 atom stereocenters. The highest BCUT2D eigenvalue weighted by molar-refractivity contribution is 6.35. The molecule has 0 bridgehead atoms. The molecular weight excluding hydrogens is 593 g/mol. The van der Waals surface area contributed by atoms with Gasteiger partial charge in [-0.3, -0.25) is 9.59 Å². The minimum atomic E-state index is -0.719. The van der Waals surface area contributed by atoms with Gasteiger partial charge in [0.2, 0.25) is 0 Å². The van der Waals surface area contributed by atoms with Gasteiger partial charge in [0.05, 0.1) is 17.7 Å². The number of aromatic nitrogens is 1. The Kier molecular flexibility index (Phi) is 12.9. The van der Waals surface area contributed by atoms with Crippen molar-refractivity contribution in [3.63, 3.8) is 0 Å². The number of amides is 4. The summed E-state index contributed by atoms with van der Waals surface area (Å²) in [4.78, 5) is 58.0. The van der Waals surface area contributed by atoms with Crippen LogP contribution in [0, 0.1) is 19.7 Å². The molecule has 46 heavy (non-hydrogen) atoms. The first-order chi connectivity index (χ1) is 21.7. The van der Waals surface area contributed by atoms with Gasteiger partial charge in [0.15, 0.2) is 0 Å². The molecule has 0 saturated heterocycles. The second kappa shape index (κ2) is 16.4. The van der Waals surface area contributed by atoms with Gasteiger partial charge in [0, 0.05) is 42.3 Å². The summed E-state index contributed by atoms with van der Waals surface area (Å²) in [5.74, 6) is -1.33. The van der Waals surface area contributed by atoms with E-state index in [2.05, 4.69) is 20.5 Å². The van der Waals surface area contributed by atoms with Gasteiger partial charge in [0.25, 0.3) is 11.8 Å². The van der Waals surface area contributed by atoms with Crippen molar-refractivity contribution in [2.45, 2.75) is 79.8 Å². The predicted molar refractivity (Wildman–Crippen MR) is 176 cm³/mol. The van der Waals surface area contributed by atoms with Crippen LogP contribution in [-0.4, -0.2) is 83.7 Å². The quantitative estimate of drug-likeness (QED) is 0.164. The number of rotatable bonds is 14. The van der Waals surface area contributed by atoms with Gasteiger partial charge in [-0.15, -0.1) is 0 Å². The first-order valence-electron chi connectivity index (χ1n) is 16.0. The number of carbonyl (C=O) groups excluding carboxylic acids is 4. The monoisotopic (exact) mass is 641 g/mol. The van der Waals surface area contributed by atoms with E-state index in [9.17, 15) is 23.6 Å². The topological polar surface area (TPSA) is 133 Å². The van der Waals surface area contributed by atoms with Crippen molar-refractivity contribution in [1.82, 2.24) is 20.1 Å². The second-order valence-corrected chi connectivity index (χ2v) is 12.3. The van der Waals surface area contributed by atoms with Crippen molar-refractivity contribution in [3.05, 3.63) is 52.1 Å². The van der Waals surface area contributed by atoms with Crippen molar-refractivity contribution < 1.29 is 33.0 Å². The van der Waals surface area contributed by atoms with Gasteiger partial charge < -0.3 is 30.0 Å². The van der Waals surface area contributed by atoms with Crippen LogP contribution in [0.2, 0.25) is 0 Å². The molecule has 1 aliphatic heterocycles. The number of likely N-dealkylation sites (N-methyl/N-ethyl adjacent to an activating group) is 1. The molecule has 3 N–H and O–H groups in total. The summed E-state index contributed by atoms with van der Waals surface area (Å²) in [6, 6.07) is 4.08. The van der Waals surface area contributed by atoms with E-state index in [1.54, 1.807) is 19.9 Å². The molecule has 0 unspecified atom stereocenters. The van der Waals surface area contributed by atoms with Crippen LogP contribution < -0.4 is 10.6 Å². The number of hydrogen-bond donors (Lipinski definition) is 3. The Morgan fingerprint density at radius 2 is 1.72 bits per heavy atom. The zero-order valence-corrected chi connectivity index (χ0v) is 28.1. The van der Waals surface area contributed by atoms with Crippen LogP contribution >= 0.6 is 0 Å². The number of H-pyrrole nitrogens is 1. The lowest BCUT2D eigenvalue weighted by Crippen LogP contribution is -2.43. The van der Waals surface area contributed by atoms with Crippen LogP contribution in [0.4, 0.5) is 19.7 Å². The van der Waals surface area contributed by atoms with E-state index in [-0.39, 0.29) is 24.6 Å². The highest BCUT2D eigenvalue weighted by Crippen LogP contribution is 2.34. The molecule has 1 aromatic carbocycles. The number of anilines is 1. The molecule has 0 fully saturated rings. The van der Waals surface area contributed by atoms with Crippen molar-refractivity contribution >= 4 is 41.3 Å². The Labute approximate surface area is 270 Å². The van der Waals surface area contributed by atoms with Gasteiger partial charge in [-0.25, -0.2) is 18.9 Å². The van der Waals surface area contributed by atoms with E-state index < -0.39 is 29.5 Å². The SMILES string of the molecule is CCN(CC)CCN(C(=O)OCCCCCCNC(=O)OC(C)(C)C)C(=O)c1c(C)[nH]c(/C=C2\C(=O)Nc3ccc(F)cc32)c1C. The van der Waals surface area contributed by atoms with Gasteiger partial charge in [0.1, 0.15) is 11.4 Å². The number of imide groups is 1. The fourth-order valence-electron chi connectivity index (χ4n) is 5.20. The average molecular weight is 642 g/mol. The molecule has 1 aliphatic rings. The number of aromatic amines is 1. The molecule has 0 spiro atoms. The van der Waals surface area contributed by atoms with E-state index in [1.807, 2.05) is 34.6 Å². The van der Waals surface area contributed by atoms with E-state index in [4.69, 9.17) is 9.47 Å². The van der Waals surface area contributed by atoms with Crippen LogP contribution in [0.1, 0.15) is 93.2 Å². The number of fused-ring (bicyclic) bond motifs is 1. The first-order valence-corrected chi connectivity index (χ1v) is 16.0. The maximum Gasteiger partial charge on any atom is 0.416 e. The summed E-state index contributed by atoms with van der Waals surface area (Å²) in [6.07, 6.45) is 3.41. The van der Waals surface area contributed by atoms with Crippen molar-refractivity contribution in [2.24, 2.45) is 0 Å². The zero-order valence-electron chi connectivity index (χ0n) is 28.1. The lowest BCUT2D eigenvalue weighted by molar-refractivity contribution is -0.110.